The molecule has 0 bridgehead atoms. The van der Waals surface area contributed by atoms with Crippen LogP contribution in [0, 0.1) is 0 Å². The van der Waals surface area contributed by atoms with E-state index in [1.54, 1.807) is 18.2 Å². The fourth-order valence-corrected chi connectivity index (χ4v) is 2.29. The molecule has 5 nitrogen and oxygen atoms in total. The molecule has 0 unspecified atom stereocenters. The van der Waals surface area contributed by atoms with Gasteiger partial charge in [0, 0.05) is 18.6 Å². The van der Waals surface area contributed by atoms with Gasteiger partial charge in [-0.05, 0) is 24.6 Å². The number of hydrogen-bond donors (Lipinski definition) is 2. The van der Waals surface area contributed by atoms with Gasteiger partial charge in [-0.3, -0.25) is 0 Å². The molecule has 20 heavy (non-hydrogen) atoms. The first-order valence-corrected chi connectivity index (χ1v) is 6.69. The second-order valence-electron chi connectivity index (χ2n) is 5.92. The Bertz CT molecular complexity index is 638. The monoisotopic (exact) mass is 276 g/mol. The van der Waals surface area contributed by atoms with Crippen LogP contribution in [0.3, 0.4) is 0 Å². The summed E-state index contributed by atoms with van der Waals surface area (Å²) in [5.41, 5.74) is 1.70. The lowest BCUT2D eigenvalue weighted by Gasteiger charge is -2.20. The molecule has 0 saturated heterocycles. The van der Waals surface area contributed by atoms with Crippen LogP contribution in [0.25, 0.3) is 11.0 Å². The number of carbonyl (C=O) groups is 1. The zero-order valence-corrected chi connectivity index (χ0v) is 12.1. The van der Waals surface area contributed by atoms with Crippen LogP contribution in [0.15, 0.2) is 18.2 Å². The summed E-state index contributed by atoms with van der Waals surface area (Å²) in [6.45, 7) is 7.01. The van der Waals surface area contributed by atoms with E-state index in [0.717, 1.165) is 11.3 Å². The average Bonchev–Trinajstić information content (AvgIpc) is 2.73. The van der Waals surface area contributed by atoms with Crippen molar-refractivity contribution in [2.45, 2.75) is 39.2 Å². The zero-order valence-electron chi connectivity index (χ0n) is 12.1. The van der Waals surface area contributed by atoms with E-state index in [2.05, 4.69) is 30.3 Å². The molecule has 2 aromatic rings. The fraction of sp³-hybridized carbons (Fsp3) is 0.467. The molecular weight excluding hydrogens is 256 g/mol. The molecule has 0 amide bonds. The minimum atomic E-state index is -0.950. The molecule has 0 saturated carbocycles. The number of aliphatic hydroxyl groups excluding tert-OH is 1. The number of benzene rings is 1. The van der Waals surface area contributed by atoms with Crippen LogP contribution in [-0.2, 0) is 12.0 Å². The smallest absolute Gasteiger partial charge is 0.335 e. The quantitative estimate of drug-likeness (QED) is 0.899. The van der Waals surface area contributed by atoms with Crippen molar-refractivity contribution in [3.63, 3.8) is 0 Å². The number of carboxylic acids is 1. The highest BCUT2D eigenvalue weighted by Crippen LogP contribution is 2.27. The highest BCUT2D eigenvalue weighted by molar-refractivity contribution is 5.92. The summed E-state index contributed by atoms with van der Waals surface area (Å²) in [6, 6.07) is 4.98. The van der Waals surface area contributed by atoms with Crippen LogP contribution in [0.5, 0.6) is 0 Å². The lowest BCUT2D eigenvalue weighted by atomic mass is 9.95. The molecule has 0 atom stereocenters. The van der Waals surface area contributed by atoms with Crippen LogP contribution < -0.4 is 0 Å². The van der Waals surface area contributed by atoms with E-state index in [0.29, 0.717) is 18.5 Å². The van der Waals surface area contributed by atoms with E-state index in [1.165, 1.54) is 0 Å². The van der Waals surface area contributed by atoms with Crippen molar-refractivity contribution in [1.82, 2.24) is 9.55 Å². The summed E-state index contributed by atoms with van der Waals surface area (Å²) in [5, 5.41) is 18.1. The lowest BCUT2D eigenvalue weighted by Crippen LogP contribution is -2.19. The number of fused-ring (bicyclic) bond motifs is 1. The van der Waals surface area contributed by atoms with Gasteiger partial charge in [0.2, 0.25) is 0 Å². The minimum Gasteiger partial charge on any atom is -0.478 e. The number of aromatic carboxylic acids is 1. The third kappa shape index (κ3) is 2.67. The SMILES string of the molecule is CC(C)(C)c1nc2cc(C(=O)O)ccc2n1CCCO. The van der Waals surface area contributed by atoms with E-state index in [1.807, 2.05) is 0 Å². The van der Waals surface area contributed by atoms with Crippen molar-refractivity contribution in [2.24, 2.45) is 0 Å². The topological polar surface area (TPSA) is 75.3 Å². The average molecular weight is 276 g/mol. The van der Waals surface area contributed by atoms with Gasteiger partial charge in [-0.25, -0.2) is 9.78 Å². The third-order valence-corrected chi connectivity index (χ3v) is 3.21. The molecule has 2 N–H and O–H groups in total. The standard InChI is InChI=1S/C15H20N2O3/c1-15(2,3)14-16-11-9-10(13(19)20)5-6-12(11)17(14)7-4-8-18/h5-6,9,18H,4,7-8H2,1-3H3,(H,19,20). The van der Waals surface area contributed by atoms with Crippen molar-refractivity contribution in [3.05, 3.63) is 29.6 Å². The number of rotatable bonds is 4. The maximum Gasteiger partial charge on any atom is 0.335 e. The van der Waals surface area contributed by atoms with Gasteiger partial charge in [-0.2, -0.15) is 0 Å². The molecule has 5 heteroatoms. The number of nitrogens with zero attached hydrogens (tertiary/aromatic N) is 2. The number of aromatic nitrogens is 2. The first-order valence-electron chi connectivity index (χ1n) is 6.69. The van der Waals surface area contributed by atoms with Gasteiger partial charge in [-0.1, -0.05) is 20.8 Å². The highest BCUT2D eigenvalue weighted by atomic mass is 16.4. The Morgan fingerprint density at radius 3 is 2.60 bits per heavy atom. The molecule has 1 aromatic carbocycles. The number of hydrogen-bond acceptors (Lipinski definition) is 3. The highest BCUT2D eigenvalue weighted by Gasteiger charge is 2.23. The summed E-state index contributed by atoms with van der Waals surface area (Å²) in [7, 11) is 0. The fourth-order valence-electron chi connectivity index (χ4n) is 2.29. The second-order valence-corrected chi connectivity index (χ2v) is 5.92. The van der Waals surface area contributed by atoms with Gasteiger partial charge in [0.25, 0.3) is 0 Å². The van der Waals surface area contributed by atoms with Crippen molar-refractivity contribution in [1.29, 1.82) is 0 Å². The maximum absolute atomic E-state index is 11.0. The molecule has 108 valence electrons. The van der Waals surface area contributed by atoms with Gasteiger partial charge in [-0.15, -0.1) is 0 Å². The first kappa shape index (κ1) is 14.5. The Kier molecular flexibility index (Phi) is 3.81. The number of aryl methyl sites for hydroxylation is 1. The predicted molar refractivity (Wildman–Crippen MR) is 77.1 cm³/mol. The minimum absolute atomic E-state index is 0.121. The van der Waals surface area contributed by atoms with Crippen molar-refractivity contribution in [2.75, 3.05) is 6.61 Å². The number of imidazole rings is 1. The lowest BCUT2D eigenvalue weighted by molar-refractivity contribution is 0.0697. The molecule has 0 aliphatic rings. The van der Waals surface area contributed by atoms with E-state index in [-0.39, 0.29) is 17.6 Å². The third-order valence-electron chi connectivity index (χ3n) is 3.21. The largest absolute Gasteiger partial charge is 0.478 e. The molecule has 0 spiro atoms. The molecule has 0 aliphatic carbocycles. The summed E-state index contributed by atoms with van der Waals surface area (Å²) < 4.78 is 2.07. The Morgan fingerprint density at radius 1 is 1.35 bits per heavy atom. The van der Waals surface area contributed by atoms with Gasteiger partial charge >= 0.3 is 5.97 Å². The molecule has 0 fully saturated rings. The summed E-state index contributed by atoms with van der Waals surface area (Å²) in [6.07, 6.45) is 0.648. The Labute approximate surface area is 117 Å². The molecular formula is C15H20N2O3. The van der Waals surface area contributed by atoms with E-state index in [4.69, 9.17) is 10.2 Å². The van der Waals surface area contributed by atoms with Crippen LogP contribution >= 0.6 is 0 Å². The van der Waals surface area contributed by atoms with Crippen molar-refractivity contribution in [3.8, 4) is 0 Å². The van der Waals surface area contributed by atoms with Gasteiger partial charge in [0.05, 0.1) is 16.6 Å². The van der Waals surface area contributed by atoms with Gasteiger partial charge < -0.3 is 14.8 Å². The molecule has 0 radical (unpaired) electrons. The van der Waals surface area contributed by atoms with Gasteiger partial charge in [0.1, 0.15) is 5.82 Å². The first-order chi connectivity index (χ1) is 9.34. The Balaban J connectivity index is 2.62. The van der Waals surface area contributed by atoms with Crippen LogP contribution in [0.1, 0.15) is 43.4 Å². The second kappa shape index (κ2) is 5.25. The van der Waals surface area contributed by atoms with E-state index < -0.39 is 5.97 Å². The van der Waals surface area contributed by atoms with Crippen LogP contribution in [-0.4, -0.2) is 32.3 Å². The summed E-state index contributed by atoms with van der Waals surface area (Å²) in [4.78, 5) is 15.6. The van der Waals surface area contributed by atoms with Gasteiger partial charge in [0.15, 0.2) is 0 Å². The molecule has 1 heterocycles. The van der Waals surface area contributed by atoms with E-state index in [9.17, 15) is 4.79 Å². The molecule has 2 rings (SSSR count). The van der Waals surface area contributed by atoms with Crippen LogP contribution in [0.4, 0.5) is 0 Å². The maximum atomic E-state index is 11.0. The molecule has 1 aromatic heterocycles. The zero-order chi connectivity index (χ0) is 14.9. The Morgan fingerprint density at radius 2 is 2.05 bits per heavy atom. The van der Waals surface area contributed by atoms with Crippen molar-refractivity contribution < 1.29 is 15.0 Å². The number of aliphatic hydroxyl groups is 1. The normalized spacial score (nSPS) is 12.0. The van der Waals surface area contributed by atoms with Crippen molar-refractivity contribution >= 4 is 17.0 Å². The predicted octanol–water partition coefficient (Wildman–Crippen LogP) is 2.41. The molecule has 0 aliphatic heterocycles. The summed E-state index contributed by atoms with van der Waals surface area (Å²) >= 11 is 0. The van der Waals surface area contributed by atoms with Crippen LogP contribution in [0.2, 0.25) is 0 Å². The number of carboxylic acid groups (broad SMARTS) is 1. The van der Waals surface area contributed by atoms with E-state index >= 15 is 0 Å². The Hall–Kier alpha value is -1.88. The summed E-state index contributed by atoms with van der Waals surface area (Å²) in [5.74, 6) is -0.0439.